The summed E-state index contributed by atoms with van der Waals surface area (Å²) in [6, 6.07) is 2.92. The monoisotopic (exact) mass is 311 g/mol. The number of hydrogen-bond acceptors (Lipinski definition) is 7. The minimum absolute atomic E-state index is 0.00374. The topological polar surface area (TPSA) is 119 Å². The second-order valence-corrected chi connectivity index (χ2v) is 6.37. The van der Waals surface area contributed by atoms with Crippen molar-refractivity contribution in [2.75, 3.05) is 0 Å². The number of rotatable bonds is 6. The molecule has 0 fully saturated rings. The smallest absolute Gasteiger partial charge is 0.324 e. The van der Waals surface area contributed by atoms with Gasteiger partial charge in [-0.1, -0.05) is 25.2 Å². The first-order valence-electron chi connectivity index (χ1n) is 6.06. The molecule has 1 N–H and O–H groups in total. The Labute approximate surface area is 123 Å². The SMILES string of the molecule is CC(C)(CC(=O)O)Cc1nnc(-c2ccc([N+](=O)[O-])s2)o1. The molecular formula is C12H13N3O5S. The van der Waals surface area contributed by atoms with Crippen LogP contribution >= 0.6 is 11.3 Å². The first-order valence-corrected chi connectivity index (χ1v) is 6.87. The van der Waals surface area contributed by atoms with Gasteiger partial charge in [-0.3, -0.25) is 14.9 Å². The number of aromatic nitrogens is 2. The third-order valence-corrected chi connectivity index (χ3v) is 3.73. The van der Waals surface area contributed by atoms with Crippen LogP contribution in [0.3, 0.4) is 0 Å². The molecular weight excluding hydrogens is 298 g/mol. The highest BCUT2D eigenvalue weighted by atomic mass is 32.1. The number of thiophene rings is 1. The third-order valence-electron chi connectivity index (χ3n) is 2.71. The fourth-order valence-corrected chi connectivity index (χ4v) is 2.59. The first kappa shape index (κ1) is 15.1. The van der Waals surface area contributed by atoms with E-state index < -0.39 is 16.3 Å². The van der Waals surface area contributed by atoms with Crippen LogP contribution in [-0.2, 0) is 11.2 Å². The Kier molecular flexibility index (Phi) is 4.03. The van der Waals surface area contributed by atoms with E-state index in [1.807, 2.05) is 0 Å². The van der Waals surface area contributed by atoms with Gasteiger partial charge in [0.2, 0.25) is 5.89 Å². The molecule has 2 aromatic heterocycles. The van der Waals surface area contributed by atoms with E-state index in [4.69, 9.17) is 9.52 Å². The summed E-state index contributed by atoms with van der Waals surface area (Å²) < 4.78 is 5.45. The molecule has 2 aromatic rings. The van der Waals surface area contributed by atoms with Gasteiger partial charge in [-0.25, -0.2) is 0 Å². The molecule has 0 radical (unpaired) electrons. The number of aliphatic carboxylic acids is 1. The quantitative estimate of drug-likeness (QED) is 0.643. The molecule has 21 heavy (non-hydrogen) atoms. The Bertz CT molecular complexity index is 676. The van der Waals surface area contributed by atoms with Crippen molar-refractivity contribution in [2.45, 2.75) is 26.7 Å². The zero-order valence-corrected chi connectivity index (χ0v) is 12.2. The molecule has 0 atom stereocenters. The summed E-state index contributed by atoms with van der Waals surface area (Å²) in [4.78, 5) is 21.4. The molecule has 0 aromatic carbocycles. The van der Waals surface area contributed by atoms with Crippen molar-refractivity contribution in [1.82, 2.24) is 10.2 Å². The maximum absolute atomic E-state index is 10.8. The summed E-state index contributed by atoms with van der Waals surface area (Å²) in [6.07, 6.45) is 0.301. The zero-order chi connectivity index (χ0) is 15.6. The molecule has 9 heteroatoms. The average molecular weight is 311 g/mol. The maximum atomic E-state index is 10.8. The van der Waals surface area contributed by atoms with Crippen LogP contribution in [0.15, 0.2) is 16.5 Å². The standard InChI is InChI=1S/C12H13N3O5S/c1-12(2,6-10(16)17)5-8-13-14-11(20-8)7-3-4-9(21-7)15(18)19/h3-4H,5-6H2,1-2H3,(H,16,17). The Morgan fingerprint density at radius 3 is 2.76 bits per heavy atom. The predicted molar refractivity (Wildman–Crippen MR) is 74.0 cm³/mol. The lowest BCUT2D eigenvalue weighted by molar-refractivity contribution is -0.380. The number of nitro groups is 1. The summed E-state index contributed by atoms with van der Waals surface area (Å²) in [5.74, 6) is -0.379. The average Bonchev–Trinajstić information content (AvgIpc) is 2.93. The summed E-state index contributed by atoms with van der Waals surface area (Å²) >= 11 is 0.947. The van der Waals surface area contributed by atoms with Crippen LogP contribution < -0.4 is 0 Å². The highest BCUT2D eigenvalue weighted by Gasteiger charge is 2.25. The van der Waals surface area contributed by atoms with Gasteiger partial charge in [0, 0.05) is 12.5 Å². The van der Waals surface area contributed by atoms with Gasteiger partial charge in [-0.15, -0.1) is 10.2 Å². The fourth-order valence-electron chi connectivity index (χ4n) is 1.85. The van der Waals surface area contributed by atoms with Gasteiger partial charge in [0.25, 0.3) is 5.89 Å². The van der Waals surface area contributed by atoms with Crippen molar-refractivity contribution in [3.63, 3.8) is 0 Å². The Balaban J connectivity index is 2.14. The van der Waals surface area contributed by atoms with Crippen LogP contribution in [0.2, 0.25) is 0 Å². The molecule has 2 heterocycles. The molecule has 112 valence electrons. The van der Waals surface area contributed by atoms with Crippen molar-refractivity contribution >= 4 is 22.3 Å². The molecule has 0 saturated heterocycles. The summed E-state index contributed by atoms with van der Waals surface area (Å²) in [7, 11) is 0. The van der Waals surface area contributed by atoms with E-state index in [-0.39, 0.29) is 17.3 Å². The van der Waals surface area contributed by atoms with Crippen LogP contribution in [0.5, 0.6) is 0 Å². The van der Waals surface area contributed by atoms with E-state index in [2.05, 4.69) is 10.2 Å². The van der Waals surface area contributed by atoms with Gasteiger partial charge in [-0.05, 0) is 11.5 Å². The largest absolute Gasteiger partial charge is 0.481 e. The first-order chi connectivity index (χ1) is 9.77. The van der Waals surface area contributed by atoms with Crippen molar-refractivity contribution in [2.24, 2.45) is 5.41 Å². The third kappa shape index (κ3) is 3.85. The lowest BCUT2D eigenvalue weighted by atomic mass is 9.86. The number of carbonyl (C=O) groups is 1. The van der Waals surface area contributed by atoms with Gasteiger partial charge in [0.05, 0.1) is 16.2 Å². The van der Waals surface area contributed by atoms with Crippen molar-refractivity contribution in [1.29, 1.82) is 0 Å². The van der Waals surface area contributed by atoms with Gasteiger partial charge in [0.1, 0.15) is 0 Å². The van der Waals surface area contributed by atoms with Crippen molar-refractivity contribution in [3.8, 4) is 10.8 Å². The molecule has 0 amide bonds. The highest BCUT2D eigenvalue weighted by molar-refractivity contribution is 7.18. The Morgan fingerprint density at radius 1 is 1.48 bits per heavy atom. The number of carboxylic acid groups (broad SMARTS) is 1. The molecule has 0 aliphatic carbocycles. The summed E-state index contributed by atoms with van der Waals surface area (Å²) in [5.41, 5.74) is -0.517. The maximum Gasteiger partial charge on any atom is 0.324 e. The summed E-state index contributed by atoms with van der Waals surface area (Å²) in [6.45, 7) is 3.59. The van der Waals surface area contributed by atoms with Gasteiger partial charge < -0.3 is 9.52 Å². The van der Waals surface area contributed by atoms with E-state index in [0.29, 0.717) is 17.2 Å². The van der Waals surface area contributed by atoms with E-state index in [1.54, 1.807) is 19.9 Å². The number of nitrogens with zero attached hydrogens (tertiary/aromatic N) is 3. The van der Waals surface area contributed by atoms with Gasteiger partial charge in [-0.2, -0.15) is 0 Å². The number of hydrogen-bond donors (Lipinski definition) is 1. The molecule has 8 nitrogen and oxygen atoms in total. The van der Waals surface area contributed by atoms with Gasteiger partial charge >= 0.3 is 11.0 Å². The van der Waals surface area contributed by atoms with Crippen LogP contribution in [0.1, 0.15) is 26.2 Å². The van der Waals surface area contributed by atoms with E-state index >= 15 is 0 Å². The molecule has 0 unspecified atom stereocenters. The van der Waals surface area contributed by atoms with Crippen LogP contribution in [-0.4, -0.2) is 26.2 Å². The minimum Gasteiger partial charge on any atom is -0.481 e. The Hall–Kier alpha value is -2.29. The predicted octanol–water partition coefficient (Wildman–Crippen LogP) is 2.75. The van der Waals surface area contributed by atoms with Crippen molar-refractivity contribution in [3.05, 3.63) is 28.1 Å². The van der Waals surface area contributed by atoms with Gasteiger partial charge in [0.15, 0.2) is 0 Å². The second kappa shape index (κ2) is 5.60. The molecule has 0 aliphatic rings. The van der Waals surface area contributed by atoms with E-state index in [0.717, 1.165) is 11.3 Å². The number of carboxylic acids is 1. The van der Waals surface area contributed by atoms with E-state index in [1.165, 1.54) is 6.07 Å². The molecule has 0 saturated carbocycles. The highest BCUT2D eigenvalue weighted by Crippen LogP contribution is 2.33. The molecule has 2 rings (SSSR count). The van der Waals surface area contributed by atoms with Crippen LogP contribution in [0.25, 0.3) is 10.8 Å². The van der Waals surface area contributed by atoms with Crippen LogP contribution in [0.4, 0.5) is 5.00 Å². The molecule has 0 spiro atoms. The lowest BCUT2D eigenvalue weighted by Gasteiger charge is -2.19. The van der Waals surface area contributed by atoms with Crippen LogP contribution in [0, 0.1) is 15.5 Å². The second-order valence-electron chi connectivity index (χ2n) is 5.31. The van der Waals surface area contributed by atoms with Crippen molar-refractivity contribution < 1.29 is 19.2 Å². The minimum atomic E-state index is -0.895. The fraction of sp³-hybridized carbons (Fsp3) is 0.417. The zero-order valence-electron chi connectivity index (χ0n) is 11.4. The molecule has 0 aliphatic heterocycles. The normalized spacial score (nSPS) is 11.5. The molecule has 0 bridgehead atoms. The lowest BCUT2D eigenvalue weighted by Crippen LogP contribution is -2.19. The Morgan fingerprint density at radius 2 is 2.19 bits per heavy atom. The summed E-state index contributed by atoms with van der Waals surface area (Å²) in [5, 5.41) is 27.2. The van der Waals surface area contributed by atoms with E-state index in [9.17, 15) is 14.9 Å².